The molecule has 0 atom stereocenters. The van der Waals surface area contributed by atoms with Crippen LogP contribution in [0, 0.1) is 27.7 Å². The van der Waals surface area contributed by atoms with Gasteiger partial charge in [-0.2, -0.15) is 0 Å². The molecule has 0 amide bonds. The minimum Gasteiger partial charge on any atom is -0.457 e. The third-order valence-electron chi connectivity index (χ3n) is 9.69. The molecule has 292 valence electrons. The van der Waals surface area contributed by atoms with Crippen LogP contribution in [0.3, 0.4) is 0 Å². The monoisotopic (exact) mass is 774 g/mol. The number of para-hydroxylation sites is 2. The van der Waals surface area contributed by atoms with Gasteiger partial charge in [-0.15, -0.1) is 0 Å². The number of hydrogen-bond acceptors (Lipinski definition) is 7. The van der Waals surface area contributed by atoms with E-state index in [1.54, 1.807) is 0 Å². The molecule has 8 aromatic carbocycles. The third kappa shape index (κ3) is 10.0. The van der Waals surface area contributed by atoms with E-state index >= 15 is 0 Å². The van der Waals surface area contributed by atoms with Crippen LogP contribution in [0.1, 0.15) is 22.3 Å². The Morgan fingerprint density at radius 3 is 0.847 bits per heavy atom. The van der Waals surface area contributed by atoms with Gasteiger partial charge in [-0.3, -0.25) is 0 Å². The van der Waals surface area contributed by atoms with Crippen molar-refractivity contribution in [3.63, 3.8) is 0 Å². The first-order chi connectivity index (χ1) is 28.8. The molecule has 0 fully saturated rings. The molecule has 0 aliphatic rings. The summed E-state index contributed by atoms with van der Waals surface area (Å²) < 4.78 is 19.2. The highest BCUT2D eigenvalue weighted by molar-refractivity contribution is 5.85. The molecule has 8 rings (SSSR count). The molecule has 0 unspecified atom stereocenters. The van der Waals surface area contributed by atoms with Crippen molar-refractivity contribution in [2.75, 3.05) is 21.3 Å². The maximum absolute atomic E-state index is 6.49. The van der Waals surface area contributed by atoms with E-state index in [-0.39, 0.29) is 0 Å². The van der Waals surface area contributed by atoms with Crippen LogP contribution in [0.25, 0.3) is 0 Å². The van der Waals surface area contributed by atoms with E-state index in [0.29, 0.717) is 34.5 Å². The number of ether oxygens (including phenoxy) is 3. The number of aryl methyl sites for hydroxylation is 4. The molecular weight excluding hydrogens is 729 g/mol. The van der Waals surface area contributed by atoms with Crippen molar-refractivity contribution in [2.24, 2.45) is 0 Å². The molecule has 0 bridgehead atoms. The molecule has 8 aromatic rings. The van der Waals surface area contributed by atoms with Crippen LogP contribution in [0.15, 0.2) is 182 Å². The van der Waals surface area contributed by atoms with Crippen molar-refractivity contribution in [2.45, 2.75) is 27.7 Å². The molecule has 0 aromatic heterocycles. The minimum absolute atomic E-state index is 0.676. The van der Waals surface area contributed by atoms with Gasteiger partial charge in [0.2, 0.25) is 0 Å². The van der Waals surface area contributed by atoms with Gasteiger partial charge in [-0.1, -0.05) is 82.9 Å². The maximum Gasteiger partial charge on any atom is 0.153 e. The van der Waals surface area contributed by atoms with Crippen LogP contribution < -0.4 is 35.5 Å². The summed E-state index contributed by atoms with van der Waals surface area (Å²) in [6, 6.07) is 60.5. The summed E-state index contributed by atoms with van der Waals surface area (Å²) in [5.74, 6) is 4.07. The highest BCUT2D eigenvalue weighted by Crippen LogP contribution is 2.41. The van der Waals surface area contributed by atoms with Gasteiger partial charge < -0.3 is 35.5 Å². The first-order valence-corrected chi connectivity index (χ1v) is 19.6. The molecule has 0 saturated heterocycles. The average Bonchev–Trinajstić information content (AvgIpc) is 3.25. The molecule has 0 spiro atoms. The van der Waals surface area contributed by atoms with Crippen molar-refractivity contribution in [1.29, 1.82) is 0 Å². The Morgan fingerprint density at radius 2 is 0.542 bits per heavy atom. The number of anilines is 8. The van der Waals surface area contributed by atoms with Crippen LogP contribution >= 0.6 is 0 Å². The number of rotatable bonds is 14. The van der Waals surface area contributed by atoms with Crippen molar-refractivity contribution in [3.05, 3.63) is 204 Å². The summed E-state index contributed by atoms with van der Waals surface area (Å²) in [7, 11) is 0. The summed E-state index contributed by atoms with van der Waals surface area (Å²) in [4.78, 5) is 0. The van der Waals surface area contributed by atoms with E-state index in [2.05, 4.69) is 146 Å². The predicted molar refractivity (Wildman–Crippen MR) is 244 cm³/mol. The van der Waals surface area contributed by atoms with Crippen LogP contribution in [0.5, 0.6) is 34.5 Å². The molecule has 7 heteroatoms. The Labute approximate surface area is 346 Å². The highest BCUT2D eigenvalue weighted by Gasteiger charge is 2.15. The molecule has 59 heavy (non-hydrogen) atoms. The molecule has 4 N–H and O–H groups in total. The van der Waals surface area contributed by atoms with Crippen molar-refractivity contribution in [3.8, 4) is 34.5 Å². The molecular formula is C52H46N4O3. The number of nitrogens with one attached hydrogen (secondary N) is 4. The summed E-state index contributed by atoms with van der Waals surface area (Å²) in [6.07, 6.45) is 0. The Balaban J connectivity index is 0.968. The third-order valence-corrected chi connectivity index (χ3v) is 9.69. The van der Waals surface area contributed by atoms with Crippen LogP contribution in [0.2, 0.25) is 0 Å². The number of benzene rings is 8. The van der Waals surface area contributed by atoms with Crippen LogP contribution in [0.4, 0.5) is 45.5 Å². The van der Waals surface area contributed by atoms with Crippen LogP contribution in [-0.4, -0.2) is 0 Å². The van der Waals surface area contributed by atoms with Crippen molar-refractivity contribution < 1.29 is 14.2 Å². The quantitative estimate of drug-likeness (QED) is 0.0876. The topological polar surface area (TPSA) is 75.8 Å². The predicted octanol–water partition coefficient (Wildman–Crippen LogP) is 15.3. The maximum atomic E-state index is 6.49. The second kappa shape index (κ2) is 17.7. The SMILES string of the molecule is Cc1ccc(Nc2cccc(Oc3ccc(Oc4ccc(Oc5cccc(Nc6ccc(C)cc6)c5Nc5ccc(C)cc5)cc4)cc3)c2Nc2ccc(C)cc2)cc1. The summed E-state index contributed by atoms with van der Waals surface area (Å²) in [5, 5.41) is 14.3. The summed E-state index contributed by atoms with van der Waals surface area (Å²) in [6.45, 7) is 8.32. The number of hydrogen-bond donors (Lipinski definition) is 4. The summed E-state index contributed by atoms with van der Waals surface area (Å²) in [5.41, 5.74) is 12.1. The molecule has 0 heterocycles. The Kier molecular flexibility index (Phi) is 11.4. The fraction of sp³-hybridized carbons (Fsp3) is 0.0769. The van der Waals surface area contributed by atoms with E-state index < -0.39 is 0 Å². The highest BCUT2D eigenvalue weighted by atomic mass is 16.5. The Hall–Kier alpha value is -7.64. The Morgan fingerprint density at radius 1 is 0.271 bits per heavy atom. The lowest BCUT2D eigenvalue weighted by atomic mass is 10.2. The lowest BCUT2D eigenvalue weighted by Gasteiger charge is -2.19. The van der Waals surface area contributed by atoms with E-state index in [0.717, 1.165) is 45.5 Å². The second-order valence-corrected chi connectivity index (χ2v) is 14.6. The lowest BCUT2D eigenvalue weighted by molar-refractivity contribution is 0.465. The minimum atomic E-state index is 0.676. The average molecular weight is 775 g/mol. The van der Waals surface area contributed by atoms with Crippen LogP contribution in [-0.2, 0) is 0 Å². The first kappa shape index (κ1) is 38.2. The van der Waals surface area contributed by atoms with Crippen molar-refractivity contribution >= 4 is 45.5 Å². The molecule has 0 aliphatic carbocycles. The van der Waals surface area contributed by atoms with Gasteiger partial charge in [-0.05, 0) is 149 Å². The zero-order chi connectivity index (χ0) is 40.6. The normalized spacial score (nSPS) is 10.7. The Bertz CT molecular complexity index is 2440. The van der Waals surface area contributed by atoms with Gasteiger partial charge >= 0.3 is 0 Å². The smallest absolute Gasteiger partial charge is 0.153 e. The van der Waals surface area contributed by atoms with Gasteiger partial charge in [0.25, 0.3) is 0 Å². The van der Waals surface area contributed by atoms with Crippen molar-refractivity contribution in [1.82, 2.24) is 0 Å². The zero-order valence-electron chi connectivity index (χ0n) is 33.5. The molecule has 0 saturated carbocycles. The summed E-state index contributed by atoms with van der Waals surface area (Å²) >= 11 is 0. The van der Waals surface area contributed by atoms with Gasteiger partial charge in [0.1, 0.15) is 34.4 Å². The van der Waals surface area contributed by atoms with Gasteiger partial charge in [-0.25, -0.2) is 0 Å². The van der Waals surface area contributed by atoms with E-state index in [9.17, 15) is 0 Å². The van der Waals surface area contributed by atoms with E-state index in [1.165, 1.54) is 22.3 Å². The van der Waals surface area contributed by atoms with E-state index in [4.69, 9.17) is 14.2 Å². The zero-order valence-corrected chi connectivity index (χ0v) is 33.5. The molecule has 0 aliphatic heterocycles. The largest absolute Gasteiger partial charge is 0.457 e. The standard InChI is InChI=1S/C52H46N4O3/c1-35-11-19-39(20-12-35)53-47-7-5-9-49(51(47)55-41-23-15-37(3)16-24-41)58-45-31-27-43(28-32-45)57-44-29-33-46(34-30-44)59-50-10-6-8-48(54-40-21-13-36(2)14-22-40)52(50)56-42-25-17-38(4)18-26-42/h5-34,53-56H,1-4H3. The second-order valence-electron chi connectivity index (χ2n) is 14.6. The van der Waals surface area contributed by atoms with Gasteiger partial charge in [0, 0.05) is 22.7 Å². The fourth-order valence-corrected chi connectivity index (χ4v) is 6.39. The molecule has 0 radical (unpaired) electrons. The van der Waals surface area contributed by atoms with Gasteiger partial charge in [0.05, 0.1) is 11.4 Å². The molecule has 7 nitrogen and oxygen atoms in total. The lowest BCUT2D eigenvalue weighted by Crippen LogP contribution is -2.00. The fourth-order valence-electron chi connectivity index (χ4n) is 6.39. The first-order valence-electron chi connectivity index (χ1n) is 19.6. The van der Waals surface area contributed by atoms with Gasteiger partial charge in [0.15, 0.2) is 11.5 Å². The van der Waals surface area contributed by atoms with E-state index in [1.807, 2.05) is 84.9 Å².